The van der Waals surface area contributed by atoms with E-state index in [0.29, 0.717) is 38.4 Å². The van der Waals surface area contributed by atoms with Crippen LogP contribution in [0.25, 0.3) is 0 Å². The molecule has 0 heterocycles. The first-order valence-electron chi connectivity index (χ1n) is 13.9. The summed E-state index contributed by atoms with van der Waals surface area (Å²) >= 11 is 0. The lowest BCUT2D eigenvalue weighted by Crippen LogP contribution is -2.12. The van der Waals surface area contributed by atoms with Crippen LogP contribution in [0.2, 0.25) is 0 Å². The van der Waals surface area contributed by atoms with E-state index in [0.717, 1.165) is 25.7 Å². The molecule has 0 radical (unpaired) electrons. The third-order valence-corrected chi connectivity index (χ3v) is 6.08. The normalized spacial score (nSPS) is 12.0. The largest absolute Gasteiger partial charge is 0.466 e. The standard InChI is InChI=1S/C28H54O4/c1-4-6-7-8-9-10-11-12-13-14-15-16-17-18-19-24-31-27(29)22-20-23-28(30)32-25-26(3)21-5-2/h26H,4-25H2,1-3H3. The van der Waals surface area contributed by atoms with Crippen LogP contribution in [-0.2, 0) is 19.1 Å². The van der Waals surface area contributed by atoms with E-state index in [4.69, 9.17) is 9.47 Å². The molecule has 4 heteroatoms. The SMILES string of the molecule is CCCCCCCCCCCCCCCCCOC(=O)CCCC(=O)OCC(C)CCC. The number of unbranched alkanes of at least 4 members (excludes halogenated alkanes) is 14. The Hall–Kier alpha value is -1.06. The van der Waals surface area contributed by atoms with Crippen LogP contribution in [0.1, 0.15) is 149 Å². The molecule has 0 aromatic rings. The maximum atomic E-state index is 11.7. The molecule has 0 aliphatic rings. The van der Waals surface area contributed by atoms with Gasteiger partial charge in [-0.2, -0.15) is 0 Å². The van der Waals surface area contributed by atoms with Gasteiger partial charge in [0.2, 0.25) is 0 Å². The van der Waals surface area contributed by atoms with Gasteiger partial charge in [-0.1, -0.05) is 117 Å². The van der Waals surface area contributed by atoms with Gasteiger partial charge in [0.05, 0.1) is 13.2 Å². The van der Waals surface area contributed by atoms with Crippen LogP contribution in [0, 0.1) is 5.92 Å². The molecule has 4 nitrogen and oxygen atoms in total. The fraction of sp³-hybridized carbons (Fsp3) is 0.929. The number of carbonyl (C=O) groups excluding carboxylic acids is 2. The second-order valence-corrected chi connectivity index (χ2v) is 9.60. The predicted molar refractivity (Wildman–Crippen MR) is 135 cm³/mol. The highest BCUT2D eigenvalue weighted by atomic mass is 16.5. The van der Waals surface area contributed by atoms with Crippen LogP contribution < -0.4 is 0 Å². The topological polar surface area (TPSA) is 52.6 Å². The van der Waals surface area contributed by atoms with E-state index in [2.05, 4.69) is 20.8 Å². The van der Waals surface area contributed by atoms with E-state index in [9.17, 15) is 9.59 Å². The molecule has 0 aromatic heterocycles. The van der Waals surface area contributed by atoms with E-state index in [-0.39, 0.29) is 11.9 Å². The lowest BCUT2D eigenvalue weighted by atomic mass is 10.0. The minimum Gasteiger partial charge on any atom is -0.466 e. The molecule has 0 amide bonds. The zero-order valence-corrected chi connectivity index (χ0v) is 21.8. The maximum absolute atomic E-state index is 11.7. The lowest BCUT2D eigenvalue weighted by molar-refractivity contribution is -0.146. The van der Waals surface area contributed by atoms with E-state index in [1.807, 2.05) is 0 Å². The Balaban J connectivity index is 3.28. The molecule has 0 aromatic carbocycles. The van der Waals surface area contributed by atoms with E-state index in [1.54, 1.807) is 0 Å². The number of ether oxygens (including phenoxy) is 2. The molecule has 0 aliphatic heterocycles. The Morgan fingerprint density at radius 3 is 1.47 bits per heavy atom. The molecule has 0 rings (SSSR count). The molecule has 0 saturated carbocycles. The number of carbonyl (C=O) groups is 2. The molecule has 1 atom stereocenters. The third-order valence-electron chi connectivity index (χ3n) is 6.08. The summed E-state index contributed by atoms with van der Waals surface area (Å²) in [6.07, 6.45) is 23.2. The fourth-order valence-electron chi connectivity index (χ4n) is 3.99. The highest BCUT2D eigenvalue weighted by Crippen LogP contribution is 2.13. The molecular weight excluding hydrogens is 400 g/mol. The van der Waals surface area contributed by atoms with Gasteiger partial charge >= 0.3 is 11.9 Å². The van der Waals surface area contributed by atoms with Crippen molar-refractivity contribution in [2.45, 2.75) is 149 Å². The molecule has 1 unspecified atom stereocenters. The summed E-state index contributed by atoms with van der Waals surface area (Å²) in [5.41, 5.74) is 0. The van der Waals surface area contributed by atoms with Crippen molar-refractivity contribution >= 4 is 11.9 Å². The summed E-state index contributed by atoms with van der Waals surface area (Å²) in [6.45, 7) is 7.48. The molecule has 0 fully saturated rings. The van der Waals surface area contributed by atoms with Gasteiger partial charge in [0.25, 0.3) is 0 Å². The smallest absolute Gasteiger partial charge is 0.305 e. The molecule has 0 bridgehead atoms. The Kier molecular flexibility index (Phi) is 23.8. The Labute approximate surface area is 199 Å². The van der Waals surface area contributed by atoms with Gasteiger partial charge in [-0.25, -0.2) is 0 Å². The highest BCUT2D eigenvalue weighted by Gasteiger charge is 2.09. The van der Waals surface area contributed by atoms with Crippen molar-refractivity contribution in [3.05, 3.63) is 0 Å². The third kappa shape index (κ3) is 23.6. The van der Waals surface area contributed by atoms with Crippen LogP contribution in [0.15, 0.2) is 0 Å². The van der Waals surface area contributed by atoms with Crippen molar-refractivity contribution < 1.29 is 19.1 Å². The number of rotatable bonds is 24. The van der Waals surface area contributed by atoms with Crippen LogP contribution in [0.3, 0.4) is 0 Å². The lowest BCUT2D eigenvalue weighted by Gasteiger charge is -2.10. The second kappa shape index (κ2) is 24.6. The van der Waals surface area contributed by atoms with Crippen LogP contribution in [-0.4, -0.2) is 25.2 Å². The minimum atomic E-state index is -0.205. The summed E-state index contributed by atoms with van der Waals surface area (Å²) < 4.78 is 10.5. The number of hydrogen-bond donors (Lipinski definition) is 0. The first-order valence-corrected chi connectivity index (χ1v) is 13.9. The van der Waals surface area contributed by atoms with Crippen molar-refractivity contribution in [1.82, 2.24) is 0 Å². The van der Waals surface area contributed by atoms with Crippen molar-refractivity contribution in [3.8, 4) is 0 Å². The molecule has 190 valence electrons. The molecule has 0 aliphatic carbocycles. The van der Waals surface area contributed by atoms with Crippen molar-refractivity contribution in [3.63, 3.8) is 0 Å². The van der Waals surface area contributed by atoms with E-state index in [1.165, 1.54) is 83.5 Å². The zero-order chi connectivity index (χ0) is 23.7. The van der Waals surface area contributed by atoms with Gasteiger partial charge in [-0.05, 0) is 25.2 Å². The molecular formula is C28H54O4. The molecule has 0 spiro atoms. The van der Waals surface area contributed by atoms with Crippen LogP contribution >= 0.6 is 0 Å². The maximum Gasteiger partial charge on any atom is 0.305 e. The van der Waals surface area contributed by atoms with Gasteiger partial charge < -0.3 is 9.47 Å². The van der Waals surface area contributed by atoms with Gasteiger partial charge in [-0.3, -0.25) is 9.59 Å². The molecule has 0 saturated heterocycles. The quantitative estimate of drug-likeness (QED) is 0.108. The average molecular weight is 455 g/mol. The molecule has 0 N–H and O–H groups in total. The Bertz CT molecular complexity index is 422. The van der Waals surface area contributed by atoms with Gasteiger partial charge in [0.15, 0.2) is 0 Å². The van der Waals surface area contributed by atoms with Crippen LogP contribution in [0.4, 0.5) is 0 Å². The fourth-order valence-corrected chi connectivity index (χ4v) is 3.99. The van der Waals surface area contributed by atoms with Gasteiger partial charge in [0.1, 0.15) is 0 Å². The highest BCUT2D eigenvalue weighted by molar-refractivity contribution is 5.72. The number of hydrogen-bond acceptors (Lipinski definition) is 4. The summed E-state index contributed by atoms with van der Waals surface area (Å²) in [7, 11) is 0. The first-order chi connectivity index (χ1) is 15.6. The summed E-state index contributed by atoms with van der Waals surface area (Å²) in [5.74, 6) is 0.00879. The van der Waals surface area contributed by atoms with Crippen molar-refractivity contribution in [2.24, 2.45) is 5.92 Å². The monoisotopic (exact) mass is 454 g/mol. The Morgan fingerprint density at radius 2 is 1.00 bits per heavy atom. The second-order valence-electron chi connectivity index (χ2n) is 9.60. The number of esters is 2. The summed E-state index contributed by atoms with van der Waals surface area (Å²) in [6, 6.07) is 0. The predicted octanol–water partition coefficient (Wildman–Crippen LogP) is 8.55. The summed E-state index contributed by atoms with van der Waals surface area (Å²) in [4.78, 5) is 23.4. The van der Waals surface area contributed by atoms with E-state index < -0.39 is 0 Å². The van der Waals surface area contributed by atoms with E-state index >= 15 is 0 Å². The van der Waals surface area contributed by atoms with Gasteiger partial charge in [-0.15, -0.1) is 0 Å². The zero-order valence-electron chi connectivity index (χ0n) is 21.8. The summed E-state index contributed by atoms with van der Waals surface area (Å²) in [5, 5.41) is 0. The average Bonchev–Trinajstić information content (AvgIpc) is 2.77. The van der Waals surface area contributed by atoms with Crippen LogP contribution in [0.5, 0.6) is 0 Å². The first kappa shape index (κ1) is 30.9. The molecule has 32 heavy (non-hydrogen) atoms. The Morgan fingerprint density at radius 1 is 0.562 bits per heavy atom. The van der Waals surface area contributed by atoms with Gasteiger partial charge in [0, 0.05) is 12.8 Å². The van der Waals surface area contributed by atoms with Crippen molar-refractivity contribution in [2.75, 3.05) is 13.2 Å². The van der Waals surface area contributed by atoms with Crippen molar-refractivity contribution in [1.29, 1.82) is 0 Å². The minimum absolute atomic E-state index is 0.192.